The van der Waals surface area contributed by atoms with E-state index in [4.69, 9.17) is 0 Å². The first-order valence-electron chi connectivity index (χ1n) is 11.1. The Hall–Kier alpha value is -4.35. The molecule has 1 aliphatic rings. The minimum absolute atomic E-state index is 0.0513. The van der Waals surface area contributed by atoms with Gasteiger partial charge >= 0.3 is 0 Å². The van der Waals surface area contributed by atoms with Crippen molar-refractivity contribution in [1.29, 1.82) is 0 Å². The number of amides is 3. The van der Waals surface area contributed by atoms with Gasteiger partial charge in [-0.15, -0.1) is 11.3 Å². The Morgan fingerprint density at radius 1 is 1.00 bits per heavy atom. The molecule has 0 saturated carbocycles. The van der Waals surface area contributed by atoms with Crippen LogP contribution in [0.3, 0.4) is 0 Å². The van der Waals surface area contributed by atoms with Gasteiger partial charge in [-0.05, 0) is 54.6 Å². The normalized spacial score (nSPS) is 13.5. The summed E-state index contributed by atoms with van der Waals surface area (Å²) in [7, 11) is -3.94. The maximum Gasteiger partial charge on any atom is 0.257 e. The first-order chi connectivity index (χ1) is 17.7. The van der Waals surface area contributed by atoms with Gasteiger partial charge in [0.05, 0.1) is 27.6 Å². The fourth-order valence-electron chi connectivity index (χ4n) is 3.89. The van der Waals surface area contributed by atoms with Crippen molar-refractivity contribution in [3.05, 3.63) is 88.9 Å². The van der Waals surface area contributed by atoms with Crippen LogP contribution in [0.2, 0.25) is 0 Å². The topological polar surface area (TPSA) is 134 Å². The van der Waals surface area contributed by atoms with Crippen LogP contribution in [0.1, 0.15) is 32.5 Å². The van der Waals surface area contributed by atoms with Crippen molar-refractivity contribution in [2.75, 3.05) is 10.6 Å². The number of hydrogen-bond donors (Lipinski definition) is 3. The number of aromatic nitrogens is 1. The van der Waals surface area contributed by atoms with Crippen LogP contribution in [0.15, 0.2) is 82.7 Å². The number of anilines is 2. The Bertz CT molecular complexity index is 1660. The SMILES string of the molecule is CC(=O)Nc1ccc(-c2ncc(CNC(=O)c3ccc4c(c3)NC(=O)c3ccccc3S4(=O)=O)s2)cc1. The van der Waals surface area contributed by atoms with E-state index in [9.17, 15) is 22.8 Å². The van der Waals surface area contributed by atoms with Crippen LogP contribution in [-0.2, 0) is 21.2 Å². The van der Waals surface area contributed by atoms with E-state index in [-0.39, 0.29) is 39.1 Å². The molecule has 37 heavy (non-hydrogen) atoms. The van der Waals surface area contributed by atoms with Crippen molar-refractivity contribution in [1.82, 2.24) is 10.3 Å². The van der Waals surface area contributed by atoms with Gasteiger partial charge in [-0.3, -0.25) is 14.4 Å². The van der Waals surface area contributed by atoms with E-state index in [0.717, 1.165) is 15.4 Å². The molecule has 0 atom stereocenters. The predicted octanol–water partition coefficient (Wildman–Crippen LogP) is 4.10. The molecule has 2 heterocycles. The van der Waals surface area contributed by atoms with E-state index in [1.165, 1.54) is 48.6 Å². The Labute approximate surface area is 216 Å². The van der Waals surface area contributed by atoms with Crippen LogP contribution in [-0.4, -0.2) is 31.1 Å². The van der Waals surface area contributed by atoms with E-state index in [1.54, 1.807) is 30.5 Å². The van der Waals surface area contributed by atoms with E-state index >= 15 is 0 Å². The number of nitrogens with zero attached hydrogens (tertiary/aromatic N) is 1. The average molecular weight is 533 g/mol. The first kappa shape index (κ1) is 24.3. The molecule has 0 radical (unpaired) electrons. The zero-order valence-electron chi connectivity index (χ0n) is 19.4. The monoisotopic (exact) mass is 532 g/mol. The van der Waals surface area contributed by atoms with Gasteiger partial charge in [0.25, 0.3) is 11.8 Å². The Kier molecular flexibility index (Phi) is 6.32. The average Bonchev–Trinajstić information content (AvgIpc) is 3.33. The van der Waals surface area contributed by atoms with Crippen LogP contribution in [0.5, 0.6) is 0 Å². The second-order valence-corrected chi connectivity index (χ2v) is 11.2. The highest BCUT2D eigenvalue weighted by molar-refractivity contribution is 7.91. The van der Waals surface area contributed by atoms with E-state index < -0.39 is 21.7 Å². The Morgan fingerprint density at radius 2 is 1.76 bits per heavy atom. The van der Waals surface area contributed by atoms with Crippen molar-refractivity contribution in [3.8, 4) is 10.6 Å². The lowest BCUT2D eigenvalue weighted by atomic mass is 10.1. The molecule has 1 aliphatic heterocycles. The molecule has 4 aromatic rings. The molecule has 1 aromatic heterocycles. The smallest absolute Gasteiger partial charge is 0.257 e. The van der Waals surface area contributed by atoms with Crippen molar-refractivity contribution in [3.63, 3.8) is 0 Å². The standard InChI is InChI=1S/C26H20N4O5S2/c1-15(31)29-18-9-6-16(7-10-18)26-28-14-19(36-26)13-27-24(32)17-8-11-23-21(12-17)30-25(33)20-4-2-3-5-22(20)37(23,34)35/h2-12,14H,13H2,1H3,(H,27,32)(H,29,31)(H,30,33). The summed E-state index contributed by atoms with van der Waals surface area (Å²) in [5.74, 6) is -1.13. The number of hydrogen-bond acceptors (Lipinski definition) is 7. The highest BCUT2D eigenvalue weighted by atomic mass is 32.2. The van der Waals surface area contributed by atoms with Crippen molar-refractivity contribution >= 4 is 50.3 Å². The number of nitrogens with one attached hydrogen (secondary N) is 3. The second-order valence-electron chi connectivity index (χ2n) is 8.24. The van der Waals surface area contributed by atoms with Crippen LogP contribution in [0.25, 0.3) is 10.6 Å². The number of sulfone groups is 1. The highest BCUT2D eigenvalue weighted by Crippen LogP contribution is 2.34. The summed E-state index contributed by atoms with van der Waals surface area (Å²) in [4.78, 5) is 41.7. The van der Waals surface area contributed by atoms with Crippen molar-refractivity contribution in [2.24, 2.45) is 0 Å². The lowest BCUT2D eigenvalue weighted by molar-refractivity contribution is -0.114. The van der Waals surface area contributed by atoms with E-state index in [1.807, 2.05) is 12.1 Å². The van der Waals surface area contributed by atoms with Crippen LogP contribution >= 0.6 is 11.3 Å². The van der Waals surface area contributed by atoms with E-state index in [0.29, 0.717) is 5.69 Å². The number of carbonyl (C=O) groups excluding carboxylic acids is 3. The lowest BCUT2D eigenvalue weighted by Crippen LogP contribution is -2.22. The Balaban J connectivity index is 1.30. The number of rotatable bonds is 5. The lowest BCUT2D eigenvalue weighted by Gasteiger charge is -2.10. The predicted molar refractivity (Wildman–Crippen MR) is 139 cm³/mol. The fourth-order valence-corrected chi connectivity index (χ4v) is 6.34. The molecular weight excluding hydrogens is 512 g/mol. The Morgan fingerprint density at radius 3 is 2.51 bits per heavy atom. The fraction of sp³-hybridized carbons (Fsp3) is 0.0769. The minimum atomic E-state index is -3.94. The summed E-state index contributed by atoms with van der Waals surface area (Å²) >= 11 is 1.41. The first-order valence-corrected chi connectivity index (χ1v) is 13.4. The zero-order chi connectivity index (χ0) is 26.2. The third kappa shape index (κ3) is 4.86. The number of benzene rings is 3. The molecule has 0 bridgehead atoms. The summed E-state index contributed by atoms with van der Waals surface area (Å²) in [6.07, 6.45) is 1.67. The van der Waals surface area contributed by atoms with Gasteiger partial charge in [0.2, 0.25) is 15.7 Å². The molecule has 0 unspecified atom stereocenters. The quantitative estimate of drug-likeness (QED) is 0.354. The van der Waals surface area contributed by atoms with Gasteiger partial charge in [-0.2, -0.15) is 0 Å². The molecule has 3 aromatic carbocycles. The third-order valence-electron chi connectivity index (χ3n) is 5.63. The number of fused-ring (bicyclic) bond motifs is 2. The summed E-state index contributed by atoms with van der Waals surface area (Å²) in [6, 6.07) is 17.4. The van der Waals surface area contributed by atoms with Gasteiger partial charge in [-0.25, -0.2) is 13.4 Å². The minimum Gasteiger partial charge on any atom is -0.347 e. The maximum atomic E-state index is 13.1. The molecule has 0 spiro atoms. The maximum absolute atomic E-state index is 13.1. The van der Waals surface area contributed by atoms with Gasteiger partial charge in [0.1, 0.15) is 5.01 Å². The zero-order valence-corrected chi connectivity index (χ0v) is 21.1. The van der Waals surface area contributed by atoms with Gasteiger partial charge in [-0.1, -0.05) is 12.1 Å². The van der Waals surface area contributed by atoms with E-state index in [2.05, 4.69) is 20.9 Å². The molecular formula is C26H20N4O5S2. The second kappa shape index (κ2) is 9.60. The van der Waals surface area contributed by atoms with Crippen molar-refractivity contribution in [2.45, 2.75) is 23.3 Å². The molecule has 0 fully saturated rings. The van der Waals surface area contributed by atoms with Crippen LogP contribution in [0, 0.1) is 0 Å². The van der Waals surface area contributed by atoms with Crippen molar-refractivity contribution < 1.29 is 22.8 Å². The van der Waals surface area contributed by atoms with Gasteiger partial charge in [0.15, 0.2) is 0 Å². The summed E-state index contributed by atoms with van der Waals surface area (Å²) in [5, 5.41) is 8.89. The van der Waals surface area contributed by atoms with Crippen LogP contribution < -0.4 is 16.0 Å². The van der Waals surface area contributed by atoms with Crippen LogP contribution in [0.4, 0.5) is 11.4 Å². The third-order valence-corrected chi connectivity index (χ3v) is 8.55. The largest absolute Gasteiger partial charge is 0.347 e. The van der Waals surface area contributed by atoms with Gasteiger partial charge in [0, 0.05) is 34.8 Å². The molecule has 3 N–H and O–H groups in total. The summed E-state index contributed by atoms with van der Waals surface area (Å²) in [6.45, 7) is 1.66. The van der Waals surface area contributed by atoms with Gasteiger partial charge < -0.3 is 16.0 Å². The molecule has 11 heteroatoms. The molecule has 9 nitrogen and oxygen atoms in total. The molecule has 0 saturated heterocycles. The summed E-state index contributed by atoms with van der Waals surface area (Å²) in [5.41, 5.74) is 1.87. The molecule has 5 rings (SSSR count). The molecule has 3 amide bonds. The molecule has 186 valence electrons. The highest BCUT2D eigenvalue weighted by Gasteiger charge is 2.31. The molecule has 0 aliphatic carbocycles. The number of carbonyl (C=O) groups is 3. The number of thiazole rings is 1. The summed E-state index contributed by atoms with van der Waals surface area (Å²) < 4.78 is 26.2.